The molecule has 2 amide bonds. The van der Waals surface area contributed by atoms with Crippen molar-refractivity contribution in [3.63, 3.8) is 0 Å². The number of nitrogens with one attached hydrogen (secondary N) is 2. The van der Waals surface area contributed by atoms with Gasteiger partial charge in [0.2, 0.25) is 0 Å². The van der Waals surface area contributed by atoms with Crippen molar-refractivity contribution in [2.24, 2.45) is 0 Å². The van der Waals surface area contributed by atoms with Crippen molar-refractivity contribution in [2.75, 3.05) is 10.6 Å². The van der Waals surface area contributed by atoms with Crippen LogP contribution in [-0.2, 0) is 0 Å². The van der Waals surface area contributed by atoms with Crippen LogP contribution in [0.5, 0.6) is 0 Å². The number of rotatable bonds is 3. The van der Waals surface area contributed by atoms with Crippen molar-refractivity contribution < 1.29 is 14.3 Å². The first-order chi connectivity index (χ1) is 9.56. The maximum Gasteiger partial charge on any atom is 0.323 e. The van der Waals surface area contributed by atoms with E-state index in [4.69, 9.17) is 0 Å². The van der Waals surface area contributed by atoms with Crippen LogP contribution in [0, 0.1) is 5.82 Å². The van der Waals surface area contributed by atoms with Crippen LogP contribution in [0.3, 0.4) is 0 Å². The summed E-state index contributed by atoms with van der Waals surface area (Å²) >= 11 is 0. The Bertz CT molecular complexity index is 614. The number of hydrogen-bond acceptors (Lipinski definition) is 2. The molecule has 1 atom stereocenters. The Labute approximate surface area is 116 Å². The van der Waals surface area contributed by atoms with Crippen molar-refractivity contribution in [2.45, 2.75) is 13.0 Å². The molecular weight excluding hydrogens is 259 g/mol. The van der Waals surface area contributed by atoms with Crippen LogP contribution in [0.25, 0.3) is 0 Å². The summed E-state index contributed by atoms with van der Waals surface area (Å²) in [5.74, 6) is -0.500. The third-order valence-corrected chi connectivity index (χ3v) is 2.75. The SMILES string of the molecule is CC(O)c1cccc(NC(=O)Nc2ccccc2F)c1. The fourth-order valence-electron chi connectivity index (χ4n) is 1.72. The molecule has 0 saturated heterocycles. The molecule has 0 bridgehead atoms. The van der Waals surface area contributed by atoms with Crippen molar-refractivity contribution in [3.8, 4) is 0 Å². The highest BCUT2D eigenvalue weighted by atomic mass is 19.1. The Balaban J connectivity index is 2.05. The molecule has 104 valence electrons. The van der Waals surface area contributed by atoms with E-state index in [1.54, 1.807) is 43.3 Å². The lowest BCUT2D eigenvalue weighted by Crippen LogP contribution is -2.20. The Kier molecular flexibility index (Phi) is 4.32. The summed E-state index contributed by atoms with van der Waals surface area (Å²) in [4.78, 5) is 11.8. The van der Waals surface area contributed by atoms with Crippen molar-refractivity contribution in [1.82, 2.24) is 0 Å². The average molecular weight is 274 g/mol. The smallest absolute Gasteiger partial charge is 0.323 e. The molecule has 0 spiro atoms. The number of para-hydroxylation sites is 1. The van der Waals surface area contributed by atoms with Crippen molar-refractivity contribution in [1.29, 1.82) is 0 Å². The molecular formula is C15H15FN2O2. The number of amides is 2. The fraction of sp³-hybridized carbons (Fsp3) is 0.133. The van der Waals surface area contributed by atoms with E-state index in [0.29, 0.717) is 11.3 Å². The van der Waals surface area contributed by atoms with E-state index in [0.717, 1.165) is 0 Å². The Hall–Kier alpha value is -2.40. The number of hydrogen-bond donors (Lipinski definition) is 3. The molecule has 2 aromatic carbocycles. The zero-order valence-electron chi connectivity index (χ0n) is 10.9. The van der Waals surface area contributed by atoms with Crippen LogP contribution < -0.4 is 10.6 Å². The van der Waals surface area contributed by atoms with E-state index in [9.17, 15) is 14.3 Å². The maximum absolute atomic E-state index is 13.4. The van der Waals surface area contributed by atoms with Gasteiger partial charge in [0.05, 0.1) is 11.8 Å². The Morgan fingerprint density at radius 3 is 2.60 bits per heavy atom. The highest BCUT2D eigenvalue weighted by Crippen LogP contribution is 2.18. The molecule has 0 aliphatic heterocycles. The standard InChI is InChI=1S/C15H15FN2O2/c1-10(19)11-5-4-6-12(9-11)17-15(20)18-14-8-3-2-7-13(14)16/h2-10,19H,1H3,(H2,17,18,20). The van der Waals surface area contributed by atoms with Crippen molar-refractivity contribution in [3.05, 3.63) is 59.9 Å². The molecule has 5 heteroatoms. The second-order valence-electron chi connectivity index (χ2n) is 4.36. The van der Waals surface area contributed by atoms with E-state index < -0.39 is 18.0 Å². The summed E-state index contributed by atoms with van der Waals surface area (Å²) in [7, 11) is 0. The van der Waals surface area contributed by atoms with Gasteiger partial charge in [0.15, 0.2) is 0 Å². The number of aliphatic hydroxyl groups is 1. The highest BCUT2D eigenvalue weighted by Gasteiger charge is 2.07. The van der Waals surface area contributed by atoms with Gasteiger partial charge < -0.3 is 15.7 Å². The second kappa shape index (κ2) is 6.16. The number of anilines is 2. The van der Waals surface area contributed by atoms with E-state index >= 15 is 0 Å². The first-order valence-corrected chi connectivity index (χ1v) is 6.17. The fourth-order valence-corrected chi connectivity index (χ4v) is 1.72. The van der Waals surface area contributed by atoms with E-state index in [1.807, 2.05) is 0 Å². The molecule has 0 saturated carbocycles. The lowest BCUT2D eigenvalue weighted by atomic mass is 10.1. The van der Waals surface area contributed by atoms with Gasteiger partial charge in [-0.2, -0.15) is 0 Å². The van der Waals surface area contributed by atoms with Gasteiger partial charge in [-0.3, -0.25) is 0 Å². The number of aliphatic hydroxyl groups excluding tert-OH is 1. The van der Waals surface area contributed by atoms with Gasteiger partial charge in [-0.25, -0.2) is 9.18 Å². The van der Waals surface area contributed by atoms with Crippen molar-refractivity contribution >= 4 is 17.4 Å². The number of benzene rings is 2. The van der Waals surface area contributed by atoms with Crippen LogP contribution in [0.1, 0.15) is 18.6 Å². The maximum atomic E-state index is 13.4. The van der Waals surface area contributed by atoms with Crippen LogP contribution in [-0.4, -0.2) is 11.1 Å². The van der Waals surface area contributed by atoms with Crippen LogP contribution in [0.15, 0.2) is 48.5 Å². The van der Waals surface area contributed by atoms with Crippen LogP contribution >= 0.6 is 0 Å². The Morgan fingerprint density at radius 1 is 1.15 bits per heavy atom. The summed E-state index contributed by atoms with van der Waals surface area (Å²) < 4.78 is 13.4. The molecule has 0 aliphatic rings. The van der Waals surface area contributed by atoms with Gasteiger partial charge in [-0.05, 0) is 36.8 Å². The summed E-state index contributed by atoms with van der Waals surface area (Å²) in [6.45, 7) is 1.64. The predicted octanol–water partition coefficient (Wildman–Crippen LogP) is 3.52. The Morgan fingerprint density at radius 2 is 1.90 bits per heavy atom. The minimum atomic E-state index is -0.619. The topological polar surface area (TPSA) is 61.4 Å². The molecule has 2 rings (SSSR count). The zero-order valence-corrected chi connectivity index (χ0v) is 10.9. The molecule has 3 N–H and O–H groups in total. The van der Waals surface area contributed by atoms with E-state index in [1.165, 1.54) is 12.1 Å². The molecule has 2 aromatic rings. The molecule has 20 heavy (non-hydrogen) atoms. The van der Waals surface area contributed by atoms with Gasteiger partial charge >= 0.3 is 6.03 Å². The van der Waals surface area contributed by atoms with Gasteiger partial charge in [0, 0.05) is 5.69 Å². The number of carbonyl (C=O) groups is 1. The predicted molar refractivity (Wildman–Crippen MR) is 76.1 cm³/mol. The molecule has 0 heterocycles. The second-order valence-corrected chi connectivity index (χ2v) is 4.36. The quantitative estimate of drug-likeness (QED) is 0.802. The molecule has 4 nitrogen and oxygen atoms in total. The first-order valence-electron chi connectivity index (χ1n) is 6.17. The lowest BCUT2D eigenvalue weighted by Gasteiger charge is -2.10. The normalized spacial score (nSPS) is 11.8. The summed E-state index contributed by atoms with van der Waals surface area (Å²) in [6, 6.07) is 12.2. The molecule has 0 aliphatic carbocycles. The minimum absolute atomic E-state index is 0.108. The summed E-state index contributed by atoms with van der Waals surface area (Å²) in [5, 5.41) is 14.5. The van der Waals surface area contributed by atoms with Gasteiger partial charge in [0.1, 0.15) is 5.82 Å². The van der Waals surface area contributed by atoms with E-state index in [2.05, 4.69) is 10.6 Å². The minimum Gasteiger partial charge on any atom is -0.389 e. The molecule has 0 aromatic heterocycles. The first kappa shape index (κ1) is 14.0. The summed E-state index contributed by atoms with van der Waals surface area (Å²) in [5.41, 5.74) is 1.32. The monoisotopic (exact) mass is 274 g/mol. The molecule has 1 unspecified atom stereocenters. The van der Waals surface area contributed by atoms with Gasteiger partial charge in [-0.15, -0.1) is 0 Å². The number of carbonyl (C=O) groups excluding carboxylic acids is 1. The highest BCUT2D eigenvalue weighted by molar-refractivity contribution is 5.99. The lowest BCUT2D eigenvalue weighted by molar-refractivity contribution is 0.199. The largest absolute Gasteiger partial charge is 0.389 e. The van der Waals surface area contributed by atoms with Crippen LogP contribution in [0.2, 0.25) is 0 Å². The number of halogens is 1. The van der Waals surface area contributed by atoms with Crippen LogP contribution in [0.4, 0.5) is 20.6 Å². The van der Waals surface area contributed by atoms with E-state index in [-0.39, 0.29) is 5.69 Å². The molecule has 0 radical (unpaired) electrons. The van der Waals surface area contributed by atoms with Gasteiger partial charge in [0.25, 0.3) is 0 Å². The zero-order chi connectivity index (χ0) is 14.5. The third kappa shape index (κ3) is 3.55. The molecule has 0 fully saturated rings. The number of urea groups is 1. The third-order valence-electron chi connectivity index (χ3n) is 2.75. The summed E-state index contributed by atoms with van der Waals surface area (Å²) in [6.07, 6.45) is -0.619. The van der Waals surface area contributed by atoms with Gasteiger partial charge in [-0.1, -0.05) is 24.3 Å². The average Bonchev–Trinajstić information content (AvgIpc) is 2.41.